The van der Waals surface area contributed by atoms with E-state index in [-0.39, 0.29) is 22.9 Å². The minimum absolute atomic E-state index is 0.0787. The van der Waals surface area contributed by atoms with Crippen LogP contribution in [0.15, 0.2) is 76.4 Å². The number of nitrogens with zero attached hydrogens (tertiary/aromatic N) is 2. The van der Waals surface area contributed by atoms with Crippen molar-refractivity contribution in [1.29, 1.82) is 0 Å². The number of furan rings is 1. The molecule has 0 saturated heterocycles. The molecule has 2 N–H and O–H groups in total. The summed E-state index contributed by atoms with van der Waals surface area (Å²) in [4.78, 5) is 34.6. The molecule has 2 amide bonds. The van der Waals surface area contributed by atoms with Gasteiger partial charge in [0.15, 0.2) is 5.76 Å². The summed E-state index contributed by atoms with van der Waals surface area (Å²) >= 11 is 0. The van der Waals surface area contributed by atoms with Gasteiger partial charge in [-0.15, -0.1) is 0 Å². The van der Waals surface area contributed by atoms with Crippen molar-refractivity contribution >= 4 is 28.9 Å². The van der Waals surface area contributed by atoms with Crippen molar-refractivity contribution in [2.24, 2.45) is 5.10 Å². The highest BCUT2D eigenvalue weighted by molar-refractivity contribution is 6.04. The first kappa shape index (κ1) is 19.5. The molecule has 0 bridgehead atoms. The van der Waals surface area contributed by atoms with Gasteiger partial charge in [0, 0.05) is 11.8 Å². The Hall–Kier alpha value is -4.27. The smallest absolute Gasteiger partial charge is 0.291 e. The number of nitrogens with one attached hydrogen (secondary N) is 2. The lowest BCUT2D eigenvalue weighted by molar-refractivity contribution is -0.385. The van der Waals surface area contributed by atoms with Crippen molar-refractivity contribution in [3.63, 3.8) is 0 Å². The number of nitro groups is 1. The highest BCUT2D eigenvalue weighted by Crippen LogP contribution is 2.17. The fourth-order valence-corrected chi connectivity index (χ4v) is 2.48. The second-order valence-corrected chi connectivity index (χ2v) is 5.92. The Labute approximate surface area is 165 Å². The van der Waals surface area contributed by atoms with E-state index in [9.17, 15) is 19.7 Å². The second-order valence-electron chi connectivity index (χ2n) is 5.92. The topological polar surface area (TPSA) is 127 Å². The van der Waals surface area contributed by atoms with Crippen LogP contribution in [0.5, 0.6) is 0 Å². The molecule has 146 valence electrons. The number of para-hydroxylation sites is 1. The maximum absolute atomic E-state index is 12.2. The minimum atomic E-state index is -0.681. The van der Waals surface area contributed by atoms with E-state index in [2.05, 4.69) is 15.8 Å². The van der Waals surface area contributed by atoms with Gasteiger partial charge in [-0.1, -0.05) is 24.3 Å². The zero-order chi connectivity index (χ0) is 20.8. The number of benzene rings is 2. The highest BCUT2D eigenvalue weighted by atomic mass is 16.6. The van der Waals surface area contributed by atoms with Crippen LogP contribution in [0.25, 0.3) is 0 Å². The number of hydrogen-bond acceptors (Lipinski definition) is 6. The predicted octanol–water partition coefficient (Wildman–Crippen LogP) is 3.59. The summed E-state index contributed by atoms with van der Waals surface area (Å²) in [6, 6.07) is 15.6. The van der Waals surface area contributed by atoms with Crippen LogP contribution >= 0.6 is 0 Å². The first-order valence-electron chi connectivity index (χ1n) is 8.49. The van der Waals surface area contributed by atoms with Crippen molar-refractivity contribution in [2.45, 2.75) is 6.92 Å². The molecule has 1 heterocycles. The summed E-state index contributed by atoms with van der Waals surface area (Å²) < 4.78 is 5.03. The average Bonchev–Trinajstić information content (AvgIpc) is 3.27. The number of hydrazone groups is 1. The summed E-state index contributed by atoms with van der Waals surface area (Å²) in [6.07, 6.45) is 1.41. The zero-order valence-electron chi connectivity index (χ0n) is 15.3. The molecule has 29 heavy (non-hydrogen) atoms. The molecule has 0 atom stereocenters. The van der Waals surface area contributed by atoms with Gasteiger partial charge in [-0.3, -0.25) is 19.7 Å². The van der Waals surface area contributed by atoms with Gasteiger partial charge in [-0.2, -0.15) is 5.10 Å². The third-order valence-corrected chi connectivity index (χ3v) is 3.98. The second kappa shape index (κ2) is 8.61. The highest BCUT2D eigenvalue weighted by Gasteiger charge is 2.18. The third-order valence-electron chi connectivity index (χ3n) is 3.98. The molecule has 0 spiro atoms. The maximum Gasteiger partial charge on any atom is 0.291 e. The van der Waals surface area contributed by atoms with Crippen LogP contribution in [0.2, 0.25) is 0 Å². The Morgan fingerprint density at radius 2 is 1.72 bits per heavy atom. The molecule has 9 heteroatoms. The number of rotatable bonds is 6. The van der Waals surface area contributed by atoms with Crippen molar-refractivity contribution in [2.75, 3.05) is 5.32 Å². The van der Waals surface area contributed by atoms with E-state index in [1.165, 1.54) is 30.5 Å². The lowest BCUT2D eigenvalue weighted by atomic mass is 10.1. The van der Waals surface area contributed by atoms with Gasteiger partial charge < -0.3 is 9.73 Å². The molecule has 0 aliphatic carbocycles. The van der Waals surface area contributed by atoms with Crippen molar-refractivity contribution in [3.8, 4) is 0 Å². The molecule has 0 aliphatic heterocycles. The largest absolute Gasteiger partial charge is 0.459 e. The Morgan fingerprint density at radius 3 is 2.38 bits per heavy atom. The van der Waals surface area contributed by atoms with E-state index in [1.807, 2.05) is 0 Å². The molecule has 9 nitrogen and oxygen atoms in total. The Kier molecular flexibility index (Phi) is 5.79. The monoisotopic (exact) mass is 392 g/mol. The average molecular weight is 392 g/mol. The molecule has 0 saturated carbocycles. The number of amides is 2. The lowest BCUT2D eigenvalue weighted by Crippen LogP contribution is -2.20. The normalized spacial score (nSPS) is 11.0. The minimum Gasteiger partial charge on any atom is -0.459 e. The van der Waals surface area contributed by atoms with E-state index in [0.29, 0.717) is 17.0 Å². The number of hydrogen-bond donors (Lipinski definition) is 2. The summed E-state index contributed by atoms with van der Waals surface area (Å²) in [7, 11) is 0. The molecule has 3 rings (SSSR count). The van der Waals surface area contributed by atoms with Gasteiger partial charge in [0.25, 0.3) is 17.5 Å². The van der Waals surface area contributed by atoms with E-state index in [1.54, 1.807) is 43.3 Å². The molecular weight excluding hydrogens is 376 g/mol. The number of nitro benzene ring substituents is 1. The van der Waals surface area contributed by atoms with Crippen molar-refractivity contribution in [1.82, 2.24) is 5.43 Å². The Balaban J connectivity index is 1.66. The van der Waals surface area contributed by atoms with E-state index in [4.69, 9.17) is 4.42 Å². The molecule has 0 unspecified atom stereocenters. The van der Waals surface area contributed by atoms with Gasteiger partial charge >= 0.3 is 0 Å². The lowest BCUT2D eigenvalue weighted by Gasteiger charge is -2.06. The first-order valence-corrected chi connectivity index (χ1v) is 8.49. The standard InChI is InChI=1S/C20H16N4O5/c1-13(22-23-19(25)16-5-2-3-6-17(16)24(27)28)14-8-10-15(11-9-14)21-20(26)18-7-4-12-29-18/h2-12H,1H3,(H,21,26)(H,23,25). The predicted molar refractivity (Wildman–Crippen MR) is 106 cm³/mol. The van der Waals surface area contributed by atoms with Gasteiger partial charge in [0.1, 0.15) is 5.56 Å². The SMILES string of the molecule is CC(=NNC(=O)c1ccccc1[N+](=O)[O-])c1ccc(NC(=O)c2ccco2)cc1. The maximum atomic E-state index is 12.2. The molecule has 0 fully saturated rings. The van der Waals surface area contributed by atoms with Crippen molar-refractivity contribution < 1.29 is 18.9 Å². The van der Waals surface area contributed by atoms with Crippen LogP contribution in [0.4, 0.5) is 11.4 Å². The molecule has 0 radical (unpaired) electrons. The molecule has 2 aromatic carbocycles. The van der Waals surface area contributed by atoms with E-state index in [0.717, 1.165) is 0 Å². The number of carbonyl (C=O) groups is 2. The van der Waals surface area contributed by atoms with E-state index >= 15 is 0 Å². The van der Waals surface area contributed by atoms with Crippen LogP contribution < -0.4 is 10.7 Å². The number of anilines is 1. The molecule has 1 aromatic heterocycles. The van der Waals surface area contributed by atoms with Crippen LogP contribution in [0.3, 0.4) is 0 Å². The van der Waals surface area contributed by atoms with E-state index < -0.39 is 10.8 Å². The van der Waals surface area contributed by atoms with Gasteiger partial charge in [0.05, 0.1) is 16.9 Å². The van der Waals surface area contributed by atoms with Gasteiger partial charge in [0.2, 0.25) is 0 Å². The third kappa shape index (κ3) is 4.72. The molecule has 3 aromatic rings. The quantitative estimate of drug-likeness (QED) is 0.376. The zero-order valence-corrected chi connectivity index (χ0v) is 15.3. The Morgan fingerprint density at radius 1 is 1.00 bits per heavy atom. The van der Waals surface area contributed by atoms with Crippen LogP contribution in [0.1, 0.15) is 33.4 Å². The summed E-state index contributed by atoms with van der Waals surface area (Å²) in [5.74, 6) is -0.853. The number of carbonyl (C=O) groups excluding carboxylic acids is 2. The fraction of sp³-hybridized carbons (Fsp3) is 0.0500. The van der Waals surface area contributed by atoms with Crippen LogP contribution in [0, 0.1) is 10.1 Å². The van der Waals surface area contributed by atoms with Gasteiger partial charge in [-0.25, -0.2) is 5.43 Å². The first-order chi connectivity index (χ1) is 14.0. The molecular formula is C20H16N4O5. The Bertz CT molecular complexity index is 1070. The summed E-state index contributed by atoms with van der Waals surface area (Å²) in [5, 5.41) is 17.7. The van der Waals surface area contributed by atoms with Gasteiger partial charge in [-0.05, 0) is 42.8 Å². The van der Waals surface area contributed by atoms with Crippen LogP contribution in [-0.2, 0) is 0 Å². The van der Waals surface area contributed by atoms with Crippen LogP contribution in [-0.4, -0.2) is 22.4 Å². The fourth-order valence-electron chi connectivity index (χ4n) is 2.48. The molecule has 0 aliphatic rings. The summed E-state index contributed by atoms with van der Waals surface area (Å²) in [5.41, 5.74) is 3.69. The summed E-state index contributed by atoms with van der Waals surface area (Å²) in [6.45, 7) is 1.68. The van der Waals surface area contributed by atoms with Crippen molar-refractivity contribution in [3.05, 3.63) is 93.9 Å².